The second-order valence-electron chi connectivity index (χ2n) is 9.50. The van der Waals surface area contributed by atoms with Crippen molar-refractivity contribution < 1.29 is 13.6 Å². The topological polar surface area (TPSA) is 49.7 Å². The molecule has 0 unspecified atom stereocenters. The lowest BCUT2D eigenvalue weighted by Crippen LogP contribution is -2.29. The van der Waals surface area contributed by atoms with E-state index >= 15 is 0 Å². The Labute approximate surface area is 224 Å². The molecule has 0 amide bonds. The zero-order valence-corrected chi connectivity index (χ0v) is 23.2. The molecule has 1 saturated heterocycles. The van der Waals surface area contributed by atoms with Crippen LogP contribution >= 0.6 is 24.6 Å². The highest BCUT2D eigenvalue weighted by atomic mass is 32.2. The monoisotopic (exact) mass is 531 g/mol. The van der Waals surface area contributed by atoms with Crippen LogP contribution in [0.15, 0.2) is 40.8 Å². The average molecular weight is 532 g/mol. The highest BCUT2D eigenvalue weighted by Gasteiger charge is 2.25. The largest absolute Gasteiger partial charge is 0.452 e. The van der Waals surface area contributed by atoms with Gasteiger partial charge in [0, 0.05) is 43.8 Å². The first kappa shape index (κ1) is 27.2. The molecule has 0 spiro atoms. The smallest absolute Gasteiger partial charge is 0.201 e. The Balaban J connectivity index is 0.000000375. The molecule has 0 radical (unpaired) electrons. The molecule has 3 aromatic rings. The van der Waals surface area contributed by atoms with Crippen molar-refractivity contribution >= 4 is 41.2 Å². The van der Waals surface area contributed by atoms with Gasteiger partial charge in [0.1, 0.15) is 11.4 Å². The number of fused-ring (bicyclic) bond motifs is 1. The van der Waals surface area contributed by atoms with Crippen molar-refractivity contribution in [3.05, 3.63) is 47.8 Å². The molecule has 1 aliphatic heterocycles. The maximum absolute atomic E-state index is 13.4. The zero-order valence-electron chi connectivity index (χ0n) is 21.5. The number of anilines is 1. The molecule has 1 atom stereocenters. The lowest BCUT2D eigenvalue weighted by molar-refractivity contribution is 0.226. The molecule has 2 N–H and O–H groups in total. The highest BCUT2D eigenvalue weighted by molar-refractivity contribution is 7.99. The van der Waals surface area contributed by atoms with Crippen LogP contribution in [0.3, 0.4) is 0 Å². The van der Waals surface area contributed by atoms with Gasteiger partial charge in [-0.05, 0) is 74.0 Å². The number of hydrogen-bond acceptors (Lipinski definition) is 7. The SMILES string of the molecule is CNOc1c(-c2ccc(F)cc2)oc2cc(N(C)SC)c([C@@H]3CCCNC3)cc12.SC1CCCCC1. The predicted octanol–water partition coefficient (Wildman–Crippen LogP) is 7.18. The van der Waals surface area contributed by atoms with Crippen molar-refractivity contribution in [1.82, 2.24) is 10.8 Å². The van der Waals surface area contributed by atoms with Crippen LogP contribution in [-0.4, -0.2) is 38.7 Å². The van der Waals surface area contributed by atoms with Crippen LogP contribution in [0.1, 0.15) is 56.4 Å². The van der Waals surface area contributed by atoms with Gasteiger partial charge in [-0.15, -0.1) is 0 Å². The molecule has 2 aliphatic rings. The summed E-state index contributed by atoms with van der Waals surface area (Å²) in [5.74, 6) is 1.37. The van der Waals surface area contributed by atoms with Crippen molar-refractivity contribution in [2.24, 2.45) is 0 Å². The van der Waals surface area contributed by atoms with E-state index in [1.807, 2.05) is 0 Å². The molecule has 2 fully saturated rings. The number of rotatable bonds is 6. The van der Waals surface area contributed by atoms with Gasteiger partial charge >= 0.3 is 0 Å². The summed E-state index contributed by atoms with van der Waals surface area (Å²) < 4.78 is 21.8. The summed E-state index contributed by atoms with van der Waals surface area (Å²) in [5.41, 5.74) is 6.72. The van der Waals surface area contributed by atoms with Gasteiger partial charge < -0.3 is 18.9 Å². The van der Waals surface area contributed by atoms with Crippen molar-refractivity contribution in [3.8, 4) is 17.1 Å². The van der Waals surface area contributed by atoms with Gasteiger partial charge in [0.2, 0.25) is 5.75 Å². The van der Waals surface area contributed by atoms with Gasteiger partial charge in [0.15, 0.2) is 5.76 Å². The molecule has 5 rings (SSSR count). The van der Waals surface area contributed by atoms with Crippen LogP contribution in [0.2, 0.25) is 0 Å². The van der Waals surface area contributed by atoms with Gasteiger partial charge in [-0.25, -0.2) is 4.39 Å². The Morgan fingerprint density at radius 1 is 1.11 bits per heavy atom. The summed E-state index contributed by atoms with van der Waals surface area (Å²) in [7, 11) is 3.79. The summed E-state index contributed by atoms with van der Waals surface area (Å²) in [4.78, 5) is 5.77. The fourth-order valence-electron chi connectivity index (χ4n) is 5.02. The number of nitrogens with zero attached hydrogens (tertiary/aromatic N) is 1. The number of nitrogens with one attached hydrogen (secondary N) is 2. The molecule has 1 aliphatic carbocycles. The predicted molar refractivity (Wildman–Crippen MR) is 154 cm³/mol. The van der Waals surface area contributed by atoms with E-state index < -0.39 is 0 Å². The molecule has 8 heteroatoms. The Morgan fingerprint density at radius 3 is 2.44 bits per heavy atom. The van der Waals surface area contributed by atoms with Crippen LogP contribution in [0.25, 0.3) is 22.3 Å². The average Bonchev–Trinajstić information content (AvgIpc) is 3.27. The Bertz CT molecular complexity index is 1110. The summed E-state index contributed by atoms with van der Waals surface area (Å²) in [5, 5.41) is 5.16. The molecule has 196 valence electrons. The molecule has 1 saturated carbocycles. The minimum Gasteiger partial charge on any atom is -0.452 e. The van der Waals surface area contributed by atoms with Crippen molar-refractivity contribution in [2.45, 2.75) is 56.1 Å². The number of halogens is 1. The normalized spacial score (nSPS) is 18.5. The second-order valence-corrected chi connectivity index (χ2v) is 11.1. The summed E-state index contributed by atoms with van der Waals surface area (Å²) in [6, 6.07) is 10.5. The summed E-state index contributed by atoms with van der Waals surface area (Å²) in [6.45, 7) is 2.03. The van der Waals surface area contributed by atoms with Crippen LogP contribution in [-0.2, 0) is 0 Å². The number of hydroxylamine groups is 1. The maximum atomic E-state index is 13.4. The molecule has 2 heterocycles. The summed E-state index contributed by atoms with van der Waals surface area (Å²) >= 11 is 6.03. The third kappa shape index (κ3) is 6.52. The van der Waals surface area contributed by atoms with Crippen LogP contribution in [0.5, 0.6) is 5.75 Å². The van der Waals surface area contributed by atoms with E-state index in [4.69, 9.17) is 9.25 Å². The maximum Gasteiger partial charge on any atom is 0.201 e. The first-order valence-electron chi connectivity index (χ1n) is 12.9. The zero-order chi connectivity index (χ0) is 25.5. The Morgan fingerprint density at radius 2 is 1.86 bits per heavy atom. The lowest BCUT2D eigenvalue weighted by atomic mass is 9.89. The third-order valence-electron chi connectivity index (χ3n) is 7.03. The number of thiol groups is 1. The van der Waals surface area contributed by atoms with E-state index in [1.165, 1.54) is 49.8 Å². The van der Waals surface area contributed by atoms with Gasteiger partial charge in [-0.2, -0.15) is 18.1 Å². The van der Waals surface area contributed by atoms with Gasteiger partial charge in [-0.1, -0.05) is 31.2 Å². The molecule has 36 heavy (non-hydrogen) atoms. The minimum atomic E-state index is -0.281. The van der Waals surface area contributed by atoms with Crippen molar-refractivity contribution in [1.29, 1.82) is 0 Å². The standard InChI is InChI=1S/C22H26FN3O2S.C6H12S/c1-24-28-22-18-11-17(15-5-4-10-25-13-15)19(26(2)29-3)12-20(18)27-21(22)14-6-8-16(23)9-7-14;7-6-4-2-1-3-5-6/h6-9,11-12,15,24-25H,4-5,10,13H2,1-3H3;6-7H,1-5H2/t15-;/m1./s1. The first-order valence-corrected chi connectivity index (χ1v) is 14.6. The molecule has 0 bridgehead atoms. The first-order chi connectivity index (χ1) is 17.5. The van der Waals surface area contributed by atoms with Gasteiger partial charge in [-0.3, -0.25) is 0 Å². The van der Waals surface area contributed by atoms with E-state index in [-0.39, 0.29) is 5.82 Å². The molecule has 5 nitrogen and oxygen atoms in total. The number of benzene rings is 2. The lowest BCUT2D eigenvalue weighted by Gasteiger charge is -2.28. The van der Waals surface area contributed by atoms with E-state index in [2.05, 4.69) is 53.2 Å². The van der Waals surface area contributed by atoms with Gasteiger partial charge in [0.25, 0.3) is 0 Å². The second kappa shape index (κ2) is 13.1. The van der Waals surface area contributed by atoms with Gasteiger partial charge in [0.05, 0.1) is 11.1 Å². The van der Waals surface area contributed by atoms with E-state index in [1.54, 1.807) is 31.1 Å². The fourth-order valence-corrected chi connectivity index (χ4v) is 5.74. The quantitative estimate of drug-likeness (QED) is 0.178. The van der Waals surface area contributed by atoms with Crippen LogP contribution in [0.4, 0.5) is 10.1 Å². The minimum absolute atomic E-state index is 0.281. The van der Waals surface area contributed by atoms with Crippen LogP contribution in [0, 0.1) is 5.82 Å². The van der Waals surface area contributed by atoms with E-state index in [9.17, 15) is 4.39 Å². The number of furan rings is 1. The fraction of sp³-hybridized carbons (Fsp3) is 0.500. The number of hydrogen-bond donors (Lipinski definition) is 3. The molecule has 2 aromatic carbocycles. The van der Waals surface area contributed by atoms with Crippen LogP contribution < -0.4 is 19.9 Å². The molecular weight excluding hydrogens is 493 g/mol. The molecule has 1 aromatic heterocycles. The number of piperidine rings is 1. The Kier molecular flexibility index (Phi) is 9.87. The summed E-state index contributed by atoms with van der Waals surface area (Å²) in [6.07, 6.45) is 11.3. The Hall–Kier alpha value is -1.87. The van der Waals surface area contributed by atoms with E-state index in [0.717, 1.165) is 53.4 Å². The highest BCUT2D eigenvalue weighted by Crippen LogP contribution is 2.44. The molecular formula is C28H38FN3O2S2. The van der Waals surface area contributed by atoms with E-state index in [0.29, 0.717) is 17.4 Å². The van der Waals surface area contributed by atoms with Crippen molar-refractivity contribution in [3.63, 3.8) is 0 Å². The third-order valence-corrected chi connectivity index (χ3v) is 8.29. The van der Waals surface area contributed by atoms with Crippen molar-refractivity contribution in [2.75, 3.05) is 37.7 Å².